The maximum Gasteiger partial charge on any atom is 0.324 e. The van der Waals surface area contributed by atoms with Crippen molar-refractivity contribution < 1.29 is 9.59 Å². The van der Waals surface area contributed by atoms with Gasteiger partial charge in [0.15, 0.2) is 0 Å². The van der Waals surface area contributed by atoms with E-state index in [1.54, 1.807) is 0 Å². The number of urea groups is 1. The van der Waals surface area contributed by atoms with Crippen LogP contribution >= 0.6 is 11.8 Å². The average molecular weight is 214 g/mol. The molecule has 14 heavy (non-hydrogen) atoms. The zero-order chi connectivity index (χ0) is 10.1. The molecule has 1 N–H and O–H groups in total. The highest BCUT2D eigenvalue weighted by Crippen LogP contribution is 2.24. The summed E-state index contributed by atoms with van der Waals surface area (Å²) in [7, 11) is 0. The Morgan fingerprint density at radius 3 is 2.93 bits per heavy atom. The zero-order valence-corrected chi connectivity index (χ0v) is 8.97. The zero-order valence-electron chi connectivity index (χ0n) is 8.16. The van der Waals surface area contributed by atoms with Crippen molar-refractivity contribution in [1.29, 1.82) is 0 Å². The van der Waals surface area contributed by atoms with Crippen molar-refractivity contribution in [2.45, 2.75) is 19.4 Å². The summed E-state index contributed by atoms with van der Waals surface area (Å²) in [6.07, 6.45) is 1.05. The number of rotatable bonds is 1. The van der Waals surface area contributed by atoms with E-state index < -0.39 is 0 Å². The first-order valence-corrected chi connectivity index (χ1v) is 6.03. The number of nitrogens with zero attached hydrogens (tertiary/aromatic N) is 1. The van der Waals surface area contributed by atoms with Crippen molar-refractivity contribution in [3.05, 3.63) is 0 Å². The molecule has 2 fully saturated rings. The molecule has 2 atom stereocenters. The molecule has 2 rings (SSSR count). The predicted molar refractivity (Wildman–Crippen MR) is 55.1 cm³/mol. The third-order valence-corrected chi connectivity index (χ3v) is 3.90. The first-order chi connectivity index (χ1) is 6.68. The van der Waals surface area contributed by atoms with Crippen molar-refractivity contribution in [3.8, 4) is 0 Å². The van der Waals surface area contributed by atoms with Gasteiger partial charge in [0, 0.05) is 18.3 Å². The van der Waals surface area contributed by atoms with E-state index in [0.717, 1.165) is 17.9 Å². The van der Waals surface area contributed by atoms with Crippen LogP contribution in [0, 0.1) is 5.92 Å². The SMILES string of the molecule is CC1CN(C2CCSC2)C(=O)NC1=O. The number of hydrogen-bond donors (Lipinski definition) is 1. The summed E-state index contributed by atoms with van der Waals surface area (Å²) in [5.41, 5.74) is 0. The van der Waals surface area contributed by atoms with Crippen LogP contribution in [0.5, 0.6) is 0 Å². The number of hydrogen-bond acceptors (Lipinski definition) is 3. The van der Waals surface area contributed by atoms with Gasteiger partial charge in [0.05, 0.1) is 5.92 Å². The summed E-state index contributed by atoms with van der Waals surface area (Å²) in [5, 5.41) is 2.39. The first-order valence-electron chi connectivity index (χ1n) is 4.87. The minimum Gasteiger partial charge on any atom is -0.320 e. The summed E-state index contributed by atoms with van der Waals surface area (Å²) in [6, 6.07) is 0.121. The van der Waals surface area contributed by atoms with E-state index in [4.69, 9.17) is 0 Å². The molecule has 2 aliphatic rings. The number of thioether (sulfide) groups is 1. The molecular formula is C9H14N2O2S. The summed E-state index contributed by atoms with van der Waals surface area (Å²) in [6.45, 7) is 2.44. The van der Waals surface area contributed by atoms with E-state index in [-0.39, 0.29) is 17.9 Å². The minimum absolute atomic E-state index is 0.0710. The van der Waals surface area contributed by atoms with E-state index in [1.807, 2.05) is 23.6 Å². The monoisotopic (exact) mass is 214 g/mol. The van der Waals surface area contributed by atoms with Gasteiger partial charge < -0.3 is 4.90 Å². The second kappa shape index (κ2) is 3.81. The Bertz CT molecular complexity index is 264. The Hall–Kier alpha value is -0.710. The maximum absolute atomic E-state index is 11.5. The van der Waals surface area contributed by atoms with Crippen LogP contribution in [-0.4, -0.2) is 40.9 Å². The molecule has 0 aromatic rings. The van der Waals surface area contributed by atoms with Gasteiger partial charge in [-0.2, -0.15) is 11.8 Å². The maximum atomic E-state index is 11.5. The molecule has 78 valence electrons. The smallest absolute Gasteiger partial charge is 0.320 e. The van der Waals surface area contributed by atoms with Gasteiger partial charge in [-0.15, -0.1) is 0 Å². The van der Waals surface area contributed by atoms with Crippen LogP contribution in [0.25, 0.3) is 0 Å². The summed E-state index contributed by atoms with van der Waals surface area (Å²) < 4.78 is 0. The van der Waals surface area contributed by atoms with Crippen LogP contribution in [0.2, 0.25) is 0 Å². The number of imide groups is 1. The van der Waals surface area contributed by atoms with Crippen LogP contribution in [0.4, 0.5) is 4.79 Å². The number of carbonyl (C=O) groups excluding carboxylic acids is 2. The van der Waals surface area contributed by atoms with E-state index >= 15 is 0 Å². The number of nitrogens with one attached hydrogen (secondary N) is 1. The summed E-state index contributed by atoms with van der Waals surface area (Å²) >= 11 is 1.87. The lowest BCUT2D eigenvalue weighted by molar-refractivity contribution is -0.125. The van der Waals surface area contributed by atoms with Gasteiger partial charge in [0.1, 0.15) is 0 Å². The Balaban J connectivity index is 2.04. The van der Waals surface area contributed by atoms with Crippen molar-refractivity contribution in [3.63, 3.8) is 0 Å². The van der Waals surface area contributed by atoms with Gasteiger partial charge in [-0.3, -0.25) is 10.1 Å². The van der Waals surface area contributed by atoms with Crippen molar-refractivity contribution >= 4 is 23.7 Å². The number of amides is 3. The van der Waals surface area contributed by atoms with Gasteiger partial charge in [-0.1, -0.05) is 6.92 Å². The Kier molecular flexibility index (Phi) is 2.67. The van der Waals surface area contributed by atoms with Crippen LogP contribution in [0.1, 0.15) is 13.3 Å². The van der Waals surface area contributed by atoms with Crippen LogP contribution in [-0.2, 0) is 4.79 Å². The second-order valence-corrected chi connectivity index (χ2v) is 5.02. The third-order valence-electron chi connectivity index (χ3n) is 2.76. The molecule has 2 saturated heterocycles. The van der Waals surface area contributed by atoms with Crippen LogP contribution < -0.4 is 5.32 Å². The lowest BCUT2D eigenvalue weighted by atomic mass is 10.1. The van der Waals surface area contributed by atoms with Crippen LogP contribution in [0.3, 0.4) is 0 Å². The molecule has 2 aliphatic heterocycles. The fourth-order valence-electron chi connectivity index (χ4n) is 1.84. The van der Waals surface area contributed by atoms with Gasteiger partial charge in [0.25, 0.3) is 0 Å². The highest BCUT2D eigenvalue weighted by Gasteiger charge is 2.34. The highest BCUT2D eigenvalue weighted by molar-refractivity contribution is 7.99. The van der Waals surface area contributed by atoms with E-state index in [1.165, 1.54) is 0 Å². The third kappa shape index (κ3) is 1.73. The molecule has 2 heterocycles. The Morgan fingerprint density at radius 2 is 2.29 bits per heavy atom. The van der Waals surface area contributed by atoms with Gasteiger partial charge in [0.2, 0.25) is 5.91 Å². The molecule has 0 saturated carbocycles. The van der Waals surface area contributed by atoms with Gasteiger partial charge in [-0.05, 0) is 12.2 Å². The predicted octanol–water partition coefficient (Wildman–Crippen LogP) is 0.680. The normalized spacial score (nSPS) is 33.4. The minimum atomic E-state index is -0.208. The van der Waals surface area contributed by atoms with Crippen molar-refractivity contribution in [2.24, 2.45) is 5.92 Å². The Morgan fingerprint density at radius 1 is 1.50 bits per heavy atom. The van der Waals surface area contributed by atoms with Crippen molar-refractivity contribution in [2.75, 3.05) is 18.1 Å². The molecule has 0 spiro atoms. The van der Waals surface area contributed by atoms with Gasteiger partial charge >= 0.3 is 6.03 Å². The summed E-state index contributed by atoms with van der Waals surface area (Å²) in [4.78, 5) is 24.5. The fourth-order valence-corrected chi connectivity index (χ4v) is 3.07. The number of carbonyl (C=O) groups is 2. The fraction of sp³-hybridized carbons (Fsp3) is 0.778. The lowest BCUT2D eigenvalue weighted by Crippen LogP contribution is -2.57. The van der Waals surface area contributed by atoms with Crippen LogP contribution in [0.15, 0.2) is 0 Å². The largest absolute Gasteiger partial charge is 0.324 e. The van der Waals surface area contributed by atoms with Crippen molar-refractivity contribution in [1.82, 2.24) is 10.2 Å². The molecule has 0 bridgehead atoms. The van der Waals surface area contributed by atoms with E-state index in [9.17, 15) is 9.59 Å². The first kappa shape index (κ1) is 9.83. The molecule has 3 amide bonds. The average Bonchev–Trinajstić information content (AvgIpc) is 2.64. The molecule has 0 aliphatic carbocycles. The van der Waals surface area contributed by atoms with E-state index in [0.29, 0.717) is 12.6 Å². The molecule has 0 aromatic carbocycles. The quantitative estimate of drug-likeness (QED) is 0.698. The lowest BCUT2D eigenvalue weighted by Gasteiger charge is -2.34. The molecule has 0 radical (unpaired) electrons. The standard InChI is InChI=1S/C9H14N2O2S/c1-6-4-11(7-2-3-14-5-7)9(13)10-8(6)12/h6-7H,2-5H2,1H3,(H,10,12,13). The topological polar surface area (TPSA) is 49.4 Å². The molecule has 2 unspecified atom stereocenters. The molecular weight excluding hydrogens is 200 g/mol. The summed E-state index contributed by atoms with van der Waals surface area (Å²) in [5.74, 6) is 1.92. The van der Waals surface area contributed by atoms with Gasteiger partial charge in [-0.25, -0.2) is 4.79 Å². The molecule has 0 aromatic heterocycles. The molecule has 5 heteroatoms. The van der Waals surface area contributed by atoms with E-state index in [2.05, 4.69) is 5.32 Å². The molecule has 4 nitrogen and oxygen atoms in total. The second-order valence-electron chi connectivity index (χ2n) is 3.87. The Labute approximate surface area is 87.4 Å². The highest BCUT2D eigenvalue weighted by atomic mass is 32.2.